The second-order valence-electron chi connectivity index (χ2n) is 4.06. The number of likely N-dealkylation sites (N-methyl/N-ethyl adjacent to an activating group) is 1. The molecule has 86 valence electrons. The summed E-state index contributed by atoms with van der Waals surface area (Å²) < 4.78 is 3.07. The van der Waals surface area contributed by atoms with Crippen LogP contribution in [0, 0.1) is 0 Å². The van der Waals surface area contributed by atoms with Gasteiger partial charge < -0.3 is 15.2 Å². The first-order valence-electron chi connectivity index (χ1n) is 5.14. The smallest absolute Gasteiger partial charge is 0.201 e. The van der Waals surface area contributed by atoms with Crippen LogP contribution >= 0.6 is 15.9 Å². The van der Waals surface area contributed by atoms with Gasteiger partial charge in [-0.15, -0.1) is 0 Å². The minimum Gasteiger partial charge on any atom is -0.369 e. The van der Waals surface area contributed by atoms with Crippen LogP contribution in [0.15, 0.2) is 22.7 Å². The quantitative estimate of drug-likeness (QED) is 0.936. The maximum Gasteiger partial charge on any atom is 0.201 e. The molecule has 1 aromatic heterocycles. The molecule has 0 spiro atoms. The zero-order valence-corrected chi connectivity index (χ0v) is 11.0. The third-order valence-corrected chi connectivity index (χ3v) is 3.00. The molecule has 1 heterocycles. The lowest BCUT2D eigenvalue weighted by Gasteiger charge is -2.11. The van der Waals surface area contributed by atoms with Crippen molar-refractivity contribution in [2.45, 2.75) is 6.54 Å². The highest BCUT2D eigenvalue weighted by Gasteiger charge is 2.08. The van der Waals surface area contributed by atoms with Crippen LogP contribution in [0.3, 0.4) is 0 Å². The Morgan fingerprint density at radius 2 is 2.19 bits per heavy atom. The fourth-order valence-electron chi connectivity index (χ4n) is 1.66. The number of benzene rings is 1. The highest BCUT2D eigenvalue weighted by atomic mass is 79.9. The molecule has 1 aromatic carbocycles. The largest absolute Gasteiger partial charge is 0.369 e. The highest BCUT2D eigenvalue weighted by Crippen LogP contribution is 2.21. The zero-order valence-electron chi connectivity index (χ0n) is 9.44. The van der Waals surface area contributed by atoms with Gasteiger partial charge in [-0.2, -0.15) is 0 Å². The number of nitrogens with two attached hydrogens (primary N) is 1. The van der Waals surface area contributed by atoms with Crippen LogP contribution in [0.1, 0.15) is 0 Å². The lowest BCUT2D eigenvalue weighted by Crippen LogP contribution is -2.19. The number of nitrogens with zero attached hydrogens (tertiary/aromatic N) is 3. The fourth-order valence-corrected chi connectivity index (χ4v) is 2.01. The second-order valence-corrected chi connectivity index (χ2v) is 4.97. The second kappa shape index (κ2) is 4.43. The van der Waals surface area contributed by atoms with Gasteiger partial charge in [0, 0.05) is 17.6 Å². The first kappa shape index (κ1) is 11.4. The van der Waals surface area contributed by atoms with E-state index < -0.39 is 0 Å². The van der Waals surface area contributed by atoms with Crippen molar-refractivity contribution >= 4 is 32.9 Å². The van der Waals surface area contributed by atoms with E-state index in [1.807, 2.05) is 36.9 Å². The maximum absolute atomic E-state index is 5.91. The first-order valence-corrected chi connectivity index (χ1v) is 5.93. The highest BCUT2D eigenvalue weighted by molar-refractivity contribution is 9.10. The summed E-state index contributed by atoms with van der Waals surface area (Å²) in [6.07, 6.45) is 0. The van der Waals surface area contributed by atoms with Gasteiger partial charge in [-0.25, -0.2) is 4.98 Å². The molecule has 2 rings (SSSR count). The third kappa shape index (κ3) is 2.20. The van der Waals surface area contributed by atoms with Gasteiger partial charge in [-0.3, -0.25) is 0 Å². The van der Waals surface area contributed by atoms with Crippen LogP contribution in [0.4, 0.5) is 5.95 Å². The van der Waals surface area contributed by atoms with Crippen molar-refractivity contribution in [2.75, 3.05) is 26.4 Å². The van der Waals surface area contributed by atoms with Crippen molar-refractivity contribution in [3.05, 3.63) is 22.7 Å². The minimum atomic E-state index is 0.579. The molecule has 0 unspecified atom stereocenters. The van der Waals surface area contributed by atoms with Gasteiger partial charge in [0.1, 0.15) is 0 Å². The van der Waals surface area contributed by atoms with Gasteiger partial charge in [-0.1, -0.05) is 15.9 Å². The normalized spacial score (nSPS) is 11.5. The number of hydrogen-bond donors (Lipinski definition) is 1. The lowest BCUT2D eigenvalue weighted by molar-refractivity contribution is 0.387. The molecule has 0 fully saturated rings. The Labute approximate surface area is 103 Å². The Balaban J connectivity index is 2.40. The van der Waals surface area contributed by atoms with Gasteiger partial charge in [0.15, 0.2) is 0 Å². The summed E-state index contributed by atoms with van der Waals surface area (Å²) in [4.78, 5) is 6.47. The van der Waals surface area contributed by atoms with Crippen LogP contribution in [0.5, 0.6) is 0 Å². The van der Waals surface area contributed by atoms with Crippen molar-refractivity contribution in [2.24, 2.45) is 0 Å². The van der Waals surface area contributed by atoms with Crippen molar-refractivity contribution < 1.29 is 0 Å². The Kier molecular flexibility index (Phi) is 3.16. The molecule has 0 aliphatic heterocycles. The molecule has 2 aromatic rings. The standard InChI is InChI=1S/C11H15BrN4/c1-15(2)5-6-16-10-4-3-8(12)7-9(10)14-11(16)13/h3-4,7H,5-6H2,1-2H3,(H2,13,14). The molecular formula is C11H15BrN4. The summed E-state index contributed by atoms with van der Waals surface area (Å²) >= 11 is 3.43. The van der Waals surface area contributed by atoms with Gasteiger partial charge in [-0.05, 0) is 32.3 Å². The molecule has 0 saturated carbocycles. The molecule has 0 amide bonds. The molecule has 0 atom stereocenters. The first-order chi connectivity index (χ1) is 7.58. The molecule has 5 heteroatoms. The maximum atomic E-state index is 5.91. The van der Waals surface area contributed by atoms with E-state index in [9.17, 15) is 0 Å². The van der Waals surface area contributed by atoms with E-state index in [1.165, 1.54) is 0 Å². The number of nitrogen functional groups attached to an aromatic ring is 1. The Bertz CT molecular complexity index is 504. The van der Waals surface area contributed by atoms with E-state index in [0.29, 0.717) is 5.95 Å². The van der Waals surface area contributed by atoms with Gasteiger partial charge >= 0.3 is 0 Å². The summed E-state index contributed by atoms with van der Waals surface area (Å²) in [5, 5.41) is 0. The number of imidazole rings is 1. The molecule has 16 heavy (non-hydrogen) atoms. The molecule has 2 N–H and O–H groups in total. The Morgan fingerprint density at radius 3 is 2.88 bits per heavy atom. The van der Waals surface area contributed by atoms with Gasteiger partial charge in [0.05, 0.1) is 11.0 Å². The van der Waals surface area contributed by atoms with Gasteiger partial charge in [0.2, 0.25) is 5.95 Å². The summed E-state index contributed by atoms with van der Waals surface area (Å²) in [6, 6.07) is 6.03. The minimum absolute atomic E-state index is 0.579. The molecule has 0 radical (unpaired) electrons. The van der Waals surface area contributed by atoms with E-state index in [4.69, 9.17) is 5.73 Å². The molecular weight excluding hydrogens is 268 g/mol. The topological polar surface area (TPSA) is 47.1 Å². The van der Waals surface area contributed by atoms with Crippen molar-refractivity contribution in [1.29, 1.82) is 0 Å². The Morgan fingerprint density at radius 1 is 1.44 bits per heavy atom. The average molecular weight is 283 g/mol. The zero-order chi connectivity index (χ0) is 11.7. The number of rotatable bonds is 3. The van der Waals surface area contributed by atoms with E-state index >= 15 is 0 Å². The SMILES string of the molecule is CN(C)CCn1c(N)nc2cc(Br)ccc21. The summed E-state index contributed by atoms with van der Waals surface area (Å²) in [5.74, 6) is 0.579. The predicted molar refractivity (Wildman–Crippen MR) is 70.4 cm³/mol. The van der Waals surface area contributed by atoms with E-state index in [1.54, 1.807) is 0 Å². The molecule has 0 saturated heterocycles. The lowest BCUT2D eigenvalue weighted by atomic mass is 10.3. The molecule has 0 aliphatic rings. The summed E-state index contributed by atoms with van der Waals surface area (Å²) in [6.45, 7) is 1.81. The summed E-state index contributed by atoms with van der Waals surface area (Å²) in [5.41, 5.74) is 7.93. The fraction of sp³-hybridized carbons (Fsp3) is 0.364. The summed E-state index contributed by atoms with van der Waals surface area (Å²) in [7, 11) is 4.10. The number of anilines is 1. The monoisotopic (exact) mass is 282 g/mol. The van der Waals surface area contributed by atoms with Crippen molar-refractivity contribution in [1.82, 2.24) is 14.5 Å². The van der Waals surface area contributed by atoms with Crippen LogP contribution in [-0.2, 0) is 6.54 Å². The van der Waals surface area contributed by atoms with Gasteiger partial charge in [0.25, 0.3) is 0 Å². The van der Waals surface area contributed by atoms with Crippen molar-refractivity contribution in [3.63, 3.8) is 0 Å². The van der Waals surface area contributed by atoms with Crippen LogP contribution in [0.25, 0.3) is 11.0 Å². The third-order valence-electron chi connectivity index (χ3n) is 2.51. The van der Waals surface area contributed by atoms with E-state index in [2.05, 4.69) is 25.8 Å². The van der Waals surface area contributed by atoms with Crippen LogP contribution in [0.2, 0.25) is 0 Å². The molecule has 0 bridgehead atoms. The van der Waals surface area contributed by atoms with E-state index in [-0.39, 0.29) is 0 Å². The van der Waals surface area contributed by atoms with Crippen LogP contribution in [-0.4, -0.2) is 35.1 Å². The average Bonchev–Trinajstić information content (AvgIpc) is 2.50. The van der Waals surface area contributed by atoms with Crippen LogP contribution < -0.4 is 5.73 Å². The van der Waals surface area contributed by atoms with Crippen molar-refractivity contribution in [3.8, 4) is 0 Å². The van der Waals surface area contributed by atoms with E-state index in [0.717, 1.165) is 28.6 Å². The number of aromatic nitrogens is 2. The number of halogens is 1. The molecule has 0 aliphatic carbocycles. The molecule has 4 nitrogen and oxygen atoms in total. The Hall–Kier alpha value is -1.07. The number of hydrogen-bond acceptors (Lipinski definition) is 3. The number of fused-ring (bicyclic) bond motifs is 1. The predicted octanol–water partition coefficient (Wildman–Crippen LogP) is 1.94.